The van der Waals surface area contributed by atoms with Crippen LogP contribution >= 0.6 is 7.37 Å². The molecule has 8 heteroatoms. The largest absolute Gasteiger partial charge is 0.365 e. The fraction of sp³-hybridized carbons (Fsp3) is 0.724. The van der Waals surface area contributed by atoms with Gasteiger partial charge in [-0.3, -0.25) is 14.3 Å². The van der Waals surface area contributed by atoms with E-state index < -0.39 is 7.37 Å². The van der Waals surface area contributed by atoms with Crippen LogP contribution in [0.15, 0.2) is 29.1 Å². The number of fused-ring (bicyclic) bond motifs is 5. The Kier molecular flexibility index (Phi) is 7.00. The summed E-state index contributed by atoms with van der Waals surface area (Å²) in [5, 5.41) is 3.09. The maximum absolute atomic E-state index is 13.8. The number of nitrogens with zero attached hydrogens (tertiary/aromatic N) is 3. The first-order valence-corrected chi connectivity index (χ1v) is 16.9. The van der Waals surface area contributed by atoms with E-state index in [1.807, 2.05) is 28.8 Å². The van der Waals surface area contributed by atoms with Gasteiger partial charge in [0.05, 0.1) is 11.0 Å². The van der Waals surface area contributed by atoms with Crippen LogP contribution < -0.4 is 10.9 Å². The topological polar surface area (TPSA) is 87.5 Å². The van der Waals surface area contributed by atoms with Crippen molar-refractivity contribution in [2.75, 3.05) is 24.7 Å². The number of hydrogen-bond donors (Lipinski definition) is 2. The van der Waals surface area contributed by atoms with Crippen molar-refractivity contribution >= 4 is 24.2 Å². The molecule has 1 unspecified atom stereocenters. The lowest BCUT2D eigenvalue weighted by molar-refractivity contribution is -0.0524. The molecule has 4 fully saturated rings. The third-order valence-electron chi connectivity index (χ3n) is 9.76. The molecule has 3 heterocycles. The highest BCUT2D eigenvalue weighted by molar-refractivity contribution is 7.57. The molecule has 37 heavy (non-hydrogen) atoms. The number of nitrogens with one attached hydrogen (secondary N) is 1. The first-order valence-electron chi connectivity index (χ1n) is 14.6. The smallest absolute Gasteiger partial charge is 0.294 e. The Hall–Kier alpha value is -1.69. The van der Waals surface area contributed by atoms with Crippen molar-refractivity contribution in [3.63, 3.8) is 0 Å². The highest BCUT2D eigenvalue weighted by Gasteiger charge is 2.46. The quantitative estimate of drug-likeness (QED) is 0.485. The minimum absolute atomic E-state index is 0.0970. The average Bonchev–Trinajstić information content (AvgIpc) is 2.82. The van der Waals surface area contributed by atoms with Crippen molar-refractivity contribution in [3.8, 4) is 0 Å². The van der Waals surface area contributed by atoms with Gasteiger partial charge in [-0.2, -0.15) is 0 Å². The molecule has 4 aliphatic rings. The van der Waals surface area contributed by atoms with E-state index in [1.54, 1.807) is 0 Å². The first-order chi connectivity index (χ1) is 17.7. The van der Waals surface area contributed by atoms with Gasteiger partial charge < -0.3 is 14.8 Å². The molecule has 0 amide bonds. The van der Waals surface area contributed by atoms with Gasteiger partial charge >= 0.3 is 0 Å². The Morgan fingerprint density at radius 1 is 0.973 bits per heavy atom. The molecule has 202 valence electrons. The fourth-order valence-electron chi connectivity index (χ4n) is 8.60. The second-order valence-corrected chi connectivity index (χ2v) is 15.4. The number of aromatic nitrogens is 2. The van der Waals surface area contributed by atoms with Crippen LogP contribution in [0.2, 0.25) is 0 Å². The lowest BCUT2D eigenvalue weighted by atomic mass is 9.65. The molecule has 2 aromatic rings. The molecule has 0 spiro atoms. The van der Waals surface area contributed by atoms with Crippen LogP contribution in [-0.2, 0) is 4.57 Å². The number of hydrogen-bond acceptors (Lipinski definition) is 5. The maximum atomic E-state index is 13.8. The van der Waals surface area contributed by atoms with Crippen LogP contribution in [0.5, 0.6) is 0 Å². The normalized spacial score (nSPS) is 35.7. The van der Waals surface area contributed by atoms with Crippen molar-refractivity contribution in [2.45, 2.75) is 95.3 Å². The van der Waals surface area contributed by atoms with Crippen molar-refractivity contribution in [1.82, 2.24) is 14.5 Å². The summed E-state index contributed by atoms with van der Waals surface area (Å²) in [5.74, 6) is 3.01. The van der Waals surface area contributed by atoms with Crippen LogP contribution in [0.25, 0.3) is 11.0 Å². The zero-order valence-electron chi connectivity index (χ0n) is 22.4. The van der Waals surface area contributed by atoms with Crippen molar-refractivity contribution in [3.05, 3.63) is 34.6 Å². The van der Waals surface area contributed by atoms with E-state index in [-0.39, 0.29) is 24.3 Å². The van der Waals surface area contributed by atoms with Gasteiger partial charge in [0.2, 0.25) is 0 Å². The summed E-state index contributed by atoms with van der Waals surface area (Å²) < 4.78 is 13.8. The zero-order chi connectivity index (χ0) is 25.7. The van der Waals surface area contributed by atoms with Gasteiger partial charge in [-0.1, -0.05) is 25.5 Å². The molecular weight excluding hydrogens is 483 g/mol. The van der Waals surface area contributed by atoms with Gasteiger partial charge in [-0.15, -0.1) is 0 Å². The van der Waals surface area contributed by atoms with Gasteiger partial charge in [0.15, 0.2) is 13.2 Å². The van der Waals surface area contributed by atoms with Crippen LogP contribution in [0.4, 0.5) is 5.82 Å². The maximum Gasteiger partial charge on any atom is 0.294 e. The lowest BCUT2D eigenvalue weighted by Crippen LogP contribution is -2.58. The summed E-state index contributed by atoms with van der Waals surface area (Å²) in [5.41, 5.74) is 1.61. The molecule has 2 N–H and O–H groups in total. The SMILES string of the molecule is C[C@@H]1C[C@@H]2C[C@H](C1)C[C@@H](N1[C@@H]3CCC[C@H]1C[C@@H](n1c(=O)c(NCCP(C)(=O)O)nc4ccccc41)C3)C2. The lowest BCUT2D eigenvalue weighted by Gasteiger charge is -2.55. The average molecular weight is 527 g/mol. The number of anilines is 1. The van der Waals surface area contributed by atoms with Crippen LogP contribution in [0.1, 0.15) is 77.2 Å². The van der Waals surface area contributed by atoms with Crippen LogP contribution in [0.3, 0.4) is 0 Å². The standard InChI is InChI=1S/C29H43N4O3P/c1-19-12-20-14-21(13-19)16-24(15-20)32-22-6-5-7-23(32)18-25(17-22)33-27-9-4-3-8-26(27)31-28(29(33)34)30-10-11-37(2,35)36/h3-4,8-9,19-25H,5-7,10-18H2,1-2H3,(H,30,31)(H,35,36)/t19-,20-,21+,22-,23+,24+,25+. The van der Waals surface area contributed by atoms with E-state index in [4.69, 9.17) is 0 Å². The Balaban J connectivity index is 1.28. The molecule has 1 aromatic carbocycles. The summed E-state index contributed by atoms with van der Waals surface area (Å²) in [6, 6.07) is 9.91. The third kappa shape index (κ3) is 5.29. The van der Waals surface area contributed by atoms with E-state index >= 15 is 0 Å². The van der Waals surface area contributed by atoms with Crippen molar-refractivity contribution in [1.29, 1.82) is 0 Å². The minimum atomic E-state index is -3.15. The van der Waals surface area contributed by atoms with Gasteiger partial charge in [0.25, 0.3) is 5.56 Å². The molecule has 2 saturated carbocycles. The second-order valence-electron chi connectivity index (χ2n) is 12.8. The summed E-state index contributed by atoms with van der Waals surface area (Å²) in [7, 11) is -3.15. The van der Waals surface area contributed by atoms with Crippen LogP contribution in [0, 0.1) is 17.8 Å². The molecule has 1 aromatic heterocycles. The van der Waals surface area contributed by atoms with Gasteiger partial charge in [-0.05, 0) is 87.7 Å². The number of benzene rings is 1. The molecule has 0 radical (unpaired) electrons. The Bertz CT molecular complexity index is 1210. The van der Waals surface area contributed by atoms with Gasteiger partial charge in [0, 0.05) is 43.5 Å². The Labute approximate surface area is 220 Å². The molecular formula is C29H43N4O3P. The number of rotatable bonds is 6. The molecule has 2 aliphatic heterocycles. The third-order valence-corrected chi connectivity index (χ3v) is 10.8. The highest BCUT2D eigenvalue weighted by atomic mass is 31.2. The molecule has 2 saturated heterocycles. The van der Waals surface area contributed by atoms with E-state index in [9.17, 15) is 14.3 Å². The number of piperidine rings is 2. The summed E-state index contributed by atoms with van der Waals surface area (Å²) in [6.45, 7) is 4.06. The Morgan fingerprint density at radius 2 is 1.65 bits per heavy atom. The van der Waals surface area contributed by atoms with E-state index in [1.165, 1.54) is 58.0 Å². The van der Waals surface area contributed by atoms with Crippen molar-refractivity contribution in [2.24, 2.45) is 17.8 Å². The van der Waals surface area contributed by atoms with Crippen LogP contribution in [-0.4, -0.2) is 56.8 Å². The summed E-state index contributed by atoms with van der Waals surface area (Å²) in [4.78, 5) is 31.0. The zero-order valence-corrected chi connectivity index (χ0v) is 23.3. The fourth-order valence-corrected chi connectivity index (χ4v) is 9.13. The monoisotopic (exact) mass is 526 g/mol. The minimum Gasteiger partial charge on any atom is -0.365 e. The molecule has 7 nitrogen and oxygen atoms in total. The predicted molar refractivity (Wildman–Crippen MR) is 150 cm³/mol. The molecule has 8 atom stereocenters. The summed E-state index contributed by atoms with van der Waals surface area (Å²) >= 11 is 0. The molecule has 4 bridgehead atoms. The Morgan fingerprint density at radius 3 is 2.32 bits per heavy atom. The van der Waals surface area contributed by atoms with E-state index in [0.717, 1.165) is 47.7 Å². The van der Waals surface area contributed by atoms with Crippen molar-refractivity contribution < 1.29 is 9.46 Å². The van der Waals surface area contributed by atoms with E-state index in [2.05, 4.69) is 22.1 Å². The first kappa shape index (κ1) is 25.6. The van der Waals surface area contributed by atoms with E-state index in [0.29, 0.717) is 17.9 Å². The van der Waals surface area contributed by atoms with Gasteiger partial charge in [-0.25, -0.2) is 4.98 Å². The van der Waals surface area contributed by atoms with Gasteiger partial charge in [0.1, 0.15) is 0 Å². The molecule has 6 rings (SSSR count). The number of para-hydroxylation sites is 2. The molecule has 2 aliphatic carbocycles. The second kappa shape index (κ2) is 10.1. The predicted octanol–water partition coefficient (Wildman–Crippen LogP) is 5.48. The summed E-state index contributed by atoms with van der Waals surface area (Å²) in [6.07, 6.45) is 12.9. The highest BCUT2D eigenvalue weighted by Crippen LogP contribution is 2.48.